The largest absolute Gasteiger partial charge is 0.497 e. The van der Waals surface area contributed by atoms with Gasteiger partial charge in [-0.3, -0.25) is 9.89 Å². The Bertz CT molecular complexity index is 981. The highest BCUT2D eigenvalue weighted by molar-refractivity contribution is 5.94. The van der Waals surface area contributed by atoms with E-state index in [1.165, 1.54) is 0 Å². The van der Waals surface area contributed by atoms with E-state index in [1.54, 1.807) is 7.11 Å². The second kappa shape index (κ2) is 8.39. The number of aryl methyl sites for hydroxylation is 1. The van der Waals surface area contributed by atoms with Crippen molar-refractivity contribution in [1.29, 1.82) is 0 Å². The van der Waals surface area contributed by atoms with Gasteiger partial charge in [-0.25, -0.2) is 0 Å². The van der Waals surface area contributed by atoms with Gasteiger partial charge in [-0.05, 0) is 61.7 Å². The molecule has 0 aliphatic carbocycles. The lowest BCUT2D eigenvalue weighted by atomic mass is 10.0. The SMILES string of the molecule is COc1ccc(-c2cc(N3CCC[C@H](NC(=O)c4cccc(C)c4)C3)n[nH]2)cc1. The van der Waals surface area contributed by atoms with Crippen molar-refractivity contribution >= 4 is 11.7 Å². The summed E-state index contributed by atoms with van der Waals surface area (Å²) in [6, 6.07) is 17.8. The number of amides is 1. The fourth-order valence-corrected chi connectivity index (χ4v) is 3.75. The summed E-state index contributed by atoms with van der Waals surface area (Å²) in [5.41, 5.74) is 3.83. The minimum Gasteiger partial charge on any atom is -0.497 e. The van der Waals surface area contributed by atoms with Gasteiger partial charge in [-0.15, -0.1) is 0 Å². The molecule has 2 heterocycles. The molecule has 6 heteroatoms. The van der Waals surface area contributed by atoms with Crippen molar-refractivity contribution in [2.24, 2.45) is 0 Å². The summed E-state index contributed by atoms with van der Waals surface area (Å²) in [6.45, 7) is 3.69. The number of carbonyl (C=O) groups is 1. The van der Waals surface area contributed by atoms with Crippen LogP contribution in [0, 0.1) is 6.92 Å². The predicted octanol–water partition coefficient (Wildman–Crippen LogP) is 3.79. The van der Waals surface area contributed by atoms with Crippen molar-refractivity contribution in [3.8, 4) is 17.0 Å². The van der Waals surface area contributed by atoms with Crippen LogP contribution in [0.15, 0.2) is 54.6 Å². The maximum Gasteiger partial charge on any atom is 0.251 e. The maximum atomic E-state index is 12.6. The van der Waals surface area contributed by atoms with Gasteiger partial charge >= 0.3 is 0 Å². The van der Waals surface area contributed by atoms with E-state index in [4.69, 9.17) is 4.74 Å². The molecule has 29 heavy (non-hydrogen) atoms. The van der Waals surface area contributed by atoms with Gasteiger partial charge in [0.25, 0.3) is 5.91 Å². The van der Waals surface area contributed by atoms with E-state index < -0.39 is 0 Å². The van der Waals surface area contributed by atoms with Crippen molar-refractivity contribution in [2.75, 3.05) is 25.1 Å². The molecule has 0 radical (unpaired) electrons. The Kier molecular flexibility index (Phi) is 5.51. The highest BCUT2D eigenvalue weighted by Crippen LogP contribution is 2.25. The lowest BCUT2D eigenvalue weighted by Crippen LogP contribution is -2.48. The third-order valence-corrected chi connectivity index (χ3v) is 5.33. The number of ether oxygens (including phenoxy) is 1. The van der Waals surface area contributed by atoms with Crippen LogP contribution in [0.2, 0.25) is 0 Å². The second-order valence-electron chi connectivity index (χ2n) is 7.50. The first-order chi connectivity index (χ1) is 14.1. The van der Waals surface area contributed by atoms with Crippen molar-refractivity contribution < 1.29 is 9.53 Å². The quantitative estimate of drug-likeness (QED) is 0.695. The van der Waals surface area contributed by atoms with Crippen LogP contribution in [0.25, 0.3) is 11.3 Å². The summed E-state index contributed by atoms with van der Waals surface area (Å²) >= 11 is 0. The van der Waals surface area contributed by atoms with Crippen LogP contribution in [-0.4, -0.2) is 42.3 Å². The number of carbonyl (C=O) groups excluding carboxylic acids is 1. The van der Waals surface area contributed by atoms with Crippen LogP contribution < -0.4 is 15.0 Å². The number of nitrogens with one attached hydrogen (secondary N) is 2. The Labute approximate surface area is 170 Å². The molecule has 4 rings (SSSR count). The van der Waals surface area contributed by atoms with Crippen molar-refractivity contribution in [2.45, 2.75) is 25.8 Å². The van der Waals surface area contributed by atoms with Crippen LogP contribution in [0.3, 0.4) is 0 Å². The Balaban J connectivity index is 1.42. The summed E-state index contributed by atoms with van der Waals surface area (Å²) in [4.78, 5) is 14.8. The second-order valence-corrected chi connectivity index (χ2v) is 7.50. The van der Waals surface area contributed by atoms with Gasteiger partial charge in [-0.1, -0.05) is 17.7 Å². The van der Waals surface area contributed by atoms with Crippen LogP contribution in [0.4, 0.5) is 5.82 Å². The lowest BCUT2D eigenvalue weighted by molar-refractivity contribution is 0.0933. The van der Waals surface area contributed by atoms with E-state index in [0.29, 0.717) is 5.56 Å². The van der Waals surface area contributed by atoms with Gasteiger partial charge in [0.2, 0.25) is 0 Å². The number of aromatic nitrogens is 2. The zero-order valence-corrected chi connectivity index (χ0v) is 16.8. The predicted molar refractivity (Wildman–Crippen MR) is 114 cm³/mol. The zero-order valence-electron chi connectivity index (χ0n) is 16.8. The third kappa shape index (κ3) is 4.42. The fourth-order valence-electron chi connectivity index (χ4n) is 3.75. The van der Waals surface area contributed by atoms with Gasteiger partial charge in [0, 0.05) is 30.8 Å². The molecule has 0 bridgehead atoms. The number of methoxy groups -OCH3 is 1. The van der Waals surface area contributed by atoms with Gasteiger partial charge in [-0.2, -0.15) is 5.10 Å². The first kappa shape index (κ1) is 19.1. The van der Waals surface area contributed by atoms with E-state index in [1.807, 2.05) is 55.5 Å². The number of aromatic amines is 1. The molecule has 1 amide bonds. The molecule has 2 N–H and O–H groups in total. The fraction of sp³-hybridized carbons (Fsp3) is 0.304. The molecular formula is C23H26N4O2. The molecule has 1 aliphatic heterocycles. The number of piperidine rings is 1. The van der Waals surface area contributed by atoms with E-state index >= 15 is 0 Å². The van der Waals surface area contributed by atoms with Crippen molar-refractivity contribution in [1.82, 2.24) is 15.5 Å². The molecule has 0 spiro atoms. The van der Waals surface area contributed by atoms with Crippen LogP contribution in [0.1, 0.15) is 28.8 Å². The minimum absolute atomic E-state index is 0.0125. The minimum atomic E-state index is -0.0125. The molecule has 1 aliphatic rings. The highest BCUT2D eigenvalue weighted by Gasteiger charge is 2.23. The summed E-state index contributed by atoms with van der Waals surface area (Å²) in [5.74, 6) is 1.73. The summed E-state index contributed by atoms with van der Waals surface area (Å²) in [6.07, 6.45) is 1.99. The van der Waals surface area contributed by atoms with Crippen molar-refractivity contribution in [3.05, 3.63) is 65.7 Å². The van der Waals surface area contributed by atoms with Gasteiger partial charge in [0.05, 0.1) is 12.8 Å². The van der Waals surface area contributed by atoms with E-state index in [0.717, 1.165) is 54.3 Å². The molecule has 0 unspecified atom stereocenters. The molecule has 0 saturated carbocycles. The topological polar surface area (TPSA) is 70.2 Å². The number of nitrogens with zero attached hydrogens (tertiary/aromatic N) is 2. The standard InChI is InChI=1S/C23H26N4O2/c1-16-5-3-6-18(13-16)23(28)24-19-7-4-12-27(15-19)22-14-21(25-26-22)17-8-10-20(29-2)11-9-17/h3,5-6,8-11,13-14,19H,4,7,12,15H2,1-2H3,(H,24,28)(H,25,26)/t19-/m0/s1. The molecular weight excluding hydrogens is 364 g/mol. The molecule has 1 saturated heterocycles. The number of benzene rings is 2. The molecule has 3 aromatic rings. The molecule has 2 aromatic carbocycles. The molecule has 150 valence electrons. The van der Waals surface area contributed by atoms with E-state index in [2.05, 4.69) is 26.5 Å². The van der Waals surface area contributed by atoms with E-state index in [9.17, 15) is 4.79 Å². The molecule has 1 fully saturated rings. The van der Waals surface area contributed by atoms with Gasteiger partial charge < -0.3 is 15.0 Å². The van der Waals surface area contributed by atoms with E-state index in [-0.39, 0.29) is 11.9 Å². The third-order valence-electron chi connectivity index (χ3n) is 5.33. The Morgan fingerprint density at radius 3 is 2.79 bits per heavy atom. The van der Waals surface area contributed by atoms with Crippen LogP contribution in [0.5, 0.6) is 5.75 Å². The monoisotopic (exact) mass is 390 g/mol. The van der Waals surface area contributed by atoms with Crippen molar-refractivity contribution in [3.63, 3.8) is 0 Å². The molecule has 1 aromatic heterocycles. The first-order valence-electron chi connectivity index (χ1n) is 9.95. The lowest BCUT2D eigenvalue weighted by Gasteiger charge is -2.33. The average molecular weight is 390 g/mol. The Morgan fingerprint density at radius 2 is 2.03 bits per heavy atom. The number of rotatable bonds is 5. The zero-order chi connectivity index (χ0) is 20.2. The highest BCUT2D eigenvalue weighted by atomic mass is 16.5. The first-order valence-corrected chi connectivity index (χ1v) is 9.95. The maximum absolute atomic E-state index is 12.6. The molecule has 6 nitrogen and oxygen atoms in total. The Morgan fingerprint density at radius 1 is 1.21 bits per heavy atom. The normalized spacial score (nSPS) is 16.5. The number of H-pyrrole nitrogens is 1. The van der Waals surface area contributed by atoms with Gasteiger partial charge in [0.1, 0.15) is 5.75 Å². The number of hydrogen-bond donors (Lipinski definition) is 2. The smallest absolute Gasteiger partial charge is 0.251 e. The summed E-state index contributed by atoms with van der Waals surface area (Å²) in [7, 11) is 1.66. The number of hydrogen-bond acceptors (Lipinski definition) is 4. The average Bonchev–Trinajstić information content (AvgIpc) is 3.24. The number of anilines is 1. The van der Waals surface area contributed by atoms with Crippen LogP contribution in [-0.2, 0) is 0 Å². The van der Waals surface area contributed by atoms with Gasteiger partial charge in [0.15, 0.2) is 5.82 Å². The Hall–Kier alpha value is -3.28. The summed E-state index contributed by atoms with van der Waals surface area (Å²) < 4.78 is 5.22. The van der Waals surface area contributed by atoms with Crippen LogP contribution >= 0.6 is 0 Å². The summed E-state index contributed by atoms with van der Waals surface area (Å²) in [5, 5.41) is 10.8. The molecule has 1 atom stereocenters.